The van der Waals surface area contributed by atoms with Crippen molar-refractivity contribution in [2.45, 2.75) is 45.2 Å². The molecule has 10 heteroatoms. The molecule has 0 aliphatic rings. The molecule has 0 bridgehead atoms. The summed E-state index contributed by atoms with van der Waals surface area (Å²) in [5, 5.41) is 2.89. The van der Waals surface area contributed by atoms with Crippen LogP contribution < -0.4 is 19.1 Å². The Morgan fingerprint density at radius 3 is 2.10 bits per heavy atom. The van der Waals surface area contributed by atoms with Crippen molar-refractivity contribution < 1.29 is 27.5 Å². The molecule has 3 rings (SSSR count). The molecule has 1 atom stereocenters. The average Bonchev–Trinajstić information content (AvgIpc) is 2.97. The van der Waals surface area contributed by atoms with Crippen LogP contribution in [-0.2, 0) is 26.2 Å². The molecule has 41 heavy (non-hydrogen) atoms. The summed E-state index contributed by atoms with van der Waals surface area (Å²) in [4.78, 5) is 28.5. The van der Waals surface area contributed by atoms with Crippen molar-refractivity contribution >= 4 is 27.5 Å². The number of carbonyl (C=O) groups is 2. The standard InChI is InChI=1S/C31H39N3O6S/c1-22(2)19-32-31(36)24(4)33(20-25-13-11-23(3)12-14-25)30(35)21-34(28-9-7-8-10-29(28)40-6)41(37,38)27-17-15-26(39-5)16-18-27/h7-18,22,24H,19-21H2,1-6H3,(H,32,36)/t24-/m0/s1. The molecule has 0 radical (unpaired) electrons. The SMILES string of the molecule is COc1ccc(S(=O)(=O)N(CC(=O)N(Cc2ccc(C)cc2)[C@@H](C)C(=O)NCC(C)C)c2ccccc2OC)cc1. The van der Waals surface area contributed by atoms with Crippen molar-refractivity contribution in [2.24, 2.45) is 5.92 Å². The first-order chi connectivity index (χ1) is 19.5. The molecule has 3 aromatic rings. The van der Waals surface area contributed by atoms with Crippen molar-refractivity contribution in [3.63, 3.8) is 0 Å². The number of hydrogen-bond acceptors (Lipinski definition) is 6. The number of amides is 2. The van der Waals surface area contributed by atoms with Gasteiger partial charge in [-0.05, 0) is 61.7 Å². The number of methoxy groups -OCH3 is 2. The van der Waals surface area contributed by atoms with Gasteiger partial charge in [0.15, 0.2) is 0 Å². The fourth-order valence-corrected chi connectivity index (χ4v) is 5.57. The molecule has 0 aliphatic heterocycles. The van der Waals surface area contributed by atoms with Crippen molar-refractivity contribution in [2.75, 3.05) is 31.6 Å². The Labute approximate surface area is 243 Å². The number of hydrogen-bond donors (Lipinski definition) is 1. The second-order valence-electron chi connectivity index (χ2n) is 10.2. The number of aryl methyl sites for hydroxylation is 1. The van der Waals surface area contributed by atoms with Crippen LogP contribution in [0.1, 0.15) is 31.9 Å². The van der Waals surface area contributed by atoms with Crippen molar-refractivity contribution in [3.05, 3.63) is 83.9 Å². The number of ether oxygens (including phenoxy) is 2. The van der Waals surface area contributed by atoms with Crippen LogP contribution in [0.5, 0.6) is 11.5 Å². The molecule has 220 valence electrons. The predicted molar refractivity (Wildman–Crippen MR) is 160 cm³/mol. The van der Waals surface area contributed by atoms with Crippen LogP contribution >= 0.6 is 0 Å². The lowest BCUT2D eigenvalue weighted by atomic mass is 10.1. The van der Waals surface area contributed by atoms with Gasteiger partial charge in [-0.2, -0.15) is 0 Å². The number of carbonyl (C=O) groups excluding carboxylic acids is 2. The molecule has 0 aromatic heterocycles. The van der Waals surface area contributed by atoms with Gasteiger partial charge in [-0.3, -0.25) is 13.9 Å². The molecule has 3 aromatic carbocycles. The first-order valence-corrected chi connectivity index (χ1v) is 14.8. The zero-order valence-electron chi connectivity index (χ0n) is 24.5. The molecular formula is C31H39N3O6S. The van der Waals surface area contributed by atoms with Crippen LogP contribution in [0.3, 0.4) is 0 Å². The lowest BCUT2D eigenvalue weighted by Crippen LogP contribution is -2.51. The molecule has 2 amide bonds. The Bertz CT molecular complexity index is 1420. The number of benzene rings is 3. The third-order valence-electron chi connectivity index (χ3n) is 6.61. The van der Waals surface area contributed by atoms with Gasteiger partial charge in [-0.1, -0.05) is 55.8 Å². The maximum absolute atomic E-state index is 14.0. The quantitative estimate of drug-likeness (QED) is 0.321. The predicted octanol–water partition coefficient (Wildman–Crippen LogP) is 4.40. The molecule has 0 saturated carbocycles. The molecule has 0 aliphatic carbocycles. The lowest BCUT2D eigenvalue weighted by Gasteiger charge is -2.32. The molecule has 1 N–H and O–H groups in total. The average molecular weight is 582 g/mol. The number of anilines is 1. The monoisotopic (exact) mass is 581 g/mol. The number of nitrogens with zero attached hydrogens (tertiary/aromatic N) is 2. The smallest absolute Gasteiger partial charge is 0.264 e. The minimum absolute atomic E-state index is 0.0233. The maximum atomic E-state index is 14.0. The third kappa shape index (κ3) is 8.00. The van der Waals surface area contributed by atoms with Crippen molar-refractivity contribution in [1.82, 2.24) is 10.2 Å². The topological polar surface area (TPSA) is 105 Å². The fourth-order valence-electron chi connectivity index (χ4n) is 4.15. The first kappa shape index (κ1) is 31.5. The van der Waals surface area contributed by atoms with Gasteiger partial charge >= 0.3 is 0 Å². The van der Waals surface area contributed by atoms with E-state index >= 15 is 0 Å². The second kappa shape index (κ2) is 14.0. The summed E-state index contributed by atoms with van der Waals surface area (Å²) in [5.74, 6) is 0.143. The van der Waals surface area contributed by atoms with Gasteiger partial charge in [0.05, 0.1) is 24.8 Å². The number of sulfonamides is 1. The molecule has 9 nitrogen and oxygen atoms in total. The maximum Gasteiger partial charge on any atom is 0.264 e. The van der Waals surface area contributed by atoms with Gasteiger partial charge in [0.25, 0.3) is 10.0 Å². The molecular weight excluding hydrogens is 542 g/mol. The minimum atomic E-state index is -4.24. The van der Waals surface area contributed by atoms with Gasteiger partial charge in [-0.25, -0.2) is 8.42 Å². The summed E-state index contributed by atoms with van der Waals surface area (Å²) in [7, 11) is -1.31. The minimum Gasteiger partial charge on any atom is -0.497 e. The highest BCUT2D eigenvalue weighted by molar-refractivity contribution is 7.92. The second-order valence-corrected chi connectivity index (χ2v) is 12.0. The van der Waals surface area contributed by atoms with Crippen LogP contribution in [0.25, 0.3) is 0 Å². The summed E-state index contributed by atoms with van der Waals surface area (Å²) in [6.07, 6.45) is 0. The van der Waals surface area contributed by atoms with Gasteiger partial charge in [0, 0.05) is 13.1 Å². The molecule has 0 fully saturated rings. The van der Waals surface area contributed by atoms with Crippen LogP contribution in [-0.4, -0.2) is 58.5 Å². The Kier molecular flexibility index (Phi) is 10.8. The lowest BCUT2D eigenvalue weighted by molar-refractivity contribution is -0.139. The zero-order chi connectivity index (χ0) is 30.2. The van der Waals surface area contributed by atoms with Gasteiger partial charge < -0.3 is 19.7 Å². The van der Waals surface area contributed by atoms with E-state index in [1.165, 1.54) is 31.3 Å². The van der Waals surface area contributed by atoms with E-state index < -0.39 is 28.5 Å². The first-order valence-electron chi connectivity index (χ1n) is 13.4. The summed E-state index contributed by atoms with van der Waals surface area (Å²) >= 11 is 0. The number of nitrogens with one attached hydrogen (secondary N) is 1. The Morgan fingerprint density at radius 1 is 0.878 bits per heavy atom. The highest BCUT2D eigenvalue weighted by atomic mass is 32.2. The van der Waals surface area contributed by atoms with Crippen LogP contribution in [0.4, 0.5) is 5.69 Å². The number of rotatable bonds is 13. The zero-order valence-corrected chi connectivity index (χ0v) is 25.3. The molecule has 0 spiro atoms. The fraction of sp³-hybridized carbons (Fsp3) is 0.355. The van der Waals surface area contributed by atoms with E-state index in [0.29, 0.717) is 12.3 Å². The molecule has 0 unspecified atom stereocenters. The summed E-state index contributed by atoms with van der Waals surface area (Å²) in [5.41, 5.74) is 2.07. The Balaban J connectivity index is 2.05. The van der Waals surface area contributed by atoms with E-state index in [9.17, 15) is 18.0 Å². The van der Waals surface area contributed by atoms with Crippen LogP contribution in [0.2, 0.25) is 0 Å². The van der Waals surface area contributed by atoms with Gasteiger partial charge in [-0.15, -0.1) is 0 Å². The largest absolute Gasteiger partial charge is 0.497 e. The van der Waals surface area contributed by atoms with E-state index in [0.717, 1.165) is 15.4 Å². The number of para-hydroxylation sites is 2. The summed E-state index contributed by atoms with van der Waals surface area (Å²) < 4.78 is 39.7. The highest BCUT2D eigenvalue weighted by Crippen LogP contribution is 2.33. The van der Waals surface area contributed by atoms with E-state index in [4.69, 9.17) is 9.47 Å². The molecule has 0 heterocycles. The normalized spacial score (nSPS) is 12.0. The van der Waals surface area contributed by atoms with Crippen molar-refractivity contribution in [3.8, 4) is 11.5 Å². The van der Waals surface area contributed by atoms with Crippen LogP contribution in [0, 0.1) is 12.8 Å². The van der Waals surface area contributed by atoms with Crippen molar-refractivity contribution in [1.29, 1.82) is 0 Å². The van der Waals surface area contributed by atoms with E-state index in [1.54, 1.807) is 43.3 Å². The Morgan fingerprint density at radius 2 is 1.51 bits per heavy atom. The third-order valence-corrected chi connectivity index (χ3v) is 8.38. The Hall–Kier alpha value is -4.05. The summed E-state index contributed by atoms with van der Waals surface area (Å²) in [6.45, 7) is 7.59. The van der Waals surface area contributed by atoms with Gasteiger partial charge in [0.1, 0.15) is 24.1 Å². The highest BCUT2D eigenvalue weighted by Gasteiger charge is 2.33. The van der Waals surface area contributed by atoms with E-state index in [1.807, 2.05) is 45.0 Å². The molecule has 0 saturated heterocycles. The van der Waals surface area contributed by atoms with Crippen LogP contribution in [0.15, 0.2) is 77.7 Å². The summed E-state index contributed by atoms with van der Waals surface area (Å²) in [6, 6.07) is 19.3. The van der Waals surface area contributed by atoms with E-state index in [2.05, 4.69) is 5.32 Å². The van der Waals surface area contributed by atoms with E-state index in [-0.39, 0.29) is 34.7 Å². The van der Waals surface area contributed by atoms with Gasteiger partial charge in [0.2, 0.25) is 11.8 Å².